The minimum atomic E-state index is -0.627. The van der Waals surface area contributed by atoms with Crippen molar-refractivity contribution in [2.45, 2.75) is 43.8 Å². The van der Waals surface area contributed by atoms with E-state index in [1.54, 1.807) is 7.05 Å². The van der Waals surface area contributed by atoms with Crippen LogP contribution in [0.2, 0.25) is 0 Å². The normalized spacial score (nSPS) is 23.2. The van der Waals surface area contributed by atoms with E-state index in [-0.39, 0.29) is 17.9 Å². The van der Waals surface area contributed by atoms with Crippen LogP contribution in [-0.4, -0.2) is 55.1 Å². The molecule has 6 heteroatoms. The molecule has 1 aromatic carbocycles. The van der Waals surface area contributed by atoms with Crippen molar-refractivity contribution in [2.24, 2.45) is 0 Å². The average molecular weight is 345 g/mol. The monoisotopic (exact) mass is 345 g/mol. The summed E-state index contributed by atoms with van der Waals surface area (Å²) in [6.07, 6.45) is 2.99. The van der Waals surface area contributed by atoms with Gasteiger partial charge in [0.1, 0.15) is 5.54 Å². The van der Waals surface area contributed by atoms with Gasteiger partial charge in [-0.2, -0.15) is 0 Å². The van der Waals surface area contributed by atoms with Crippen molar-refractivity contribution in [3.63, 3.8) is 0 Å². The van der Waals surface area contributed by atoms with E-state index in [0.717, 1.165) is 24.9 Å². The molecule has 2 amide bonds. The van der Waals surface area contributed by atoms with Gasteiger partial charge in [-0.15, -0.1) is 0 Å². The van der Waals surface area contributed by atoms with Crippen molar-refractivity contribution in [1.82, 2.24) is 15.5 Å². The third kappa shape index (κ3) is 3.70. The molecule has 2 N–H and O–H groups in total. The molecule has 2 heterocycles. The lowest BCUT2D eigenvalue weighted by Crippen LogP contribution is -2.64. The van der Waals surface area contributed by atoms with Gasteiger partial charge in [-0.25, -0.2) is 0 Å². The summed E-state index contributed by atoms with van der Waals surface area (Å²) in [5.41, 5.74) is 0.450. The van der Waals surface area contributed by atoms with Crippen LogP contribution in [0.15, 0.2) is 30.3 Å². The fraction of sp³-hybridized carbons (Fsp3) is 0.579. The lowest BCUT2D eigenvalue weighted by Gasteiger charge is -2.45. The Bertz CT molecular complexity index is 599. The number of rotatable bonds is 5. The maximum Gasteiger partial charge on any atom is 0.240 e. The van der Waals surface area contributed by atoms with Crippen LogP contribution in [-0.2, 0) is 20.9 Å². The van der Waals surface area contributed by atoms with Gasteiger partial charge in [0, 0.05) is 33.4 Å². The molecular formula is C19H27N3O3. The van der Waals surface area contributed by atoms with Gasteiger partial charge in [-0.3, -0.25) is 14.5 Å². The van der Waals surface area contributed by atoms with Gasteiger partial charge in [0.05, 0.1) is 6.04 Å². The number of benzene rings is 1. The van der Waals surface area contributed by atoms with Crippen molar-refractivity contribution >= 4 is 11.8 Å². The first-order chi connectivity index (χ1) is 12.2. The Labute approximate surface area is 148 Å². The molecule has 0 aromatic heterocycles. The number of hydrogen-bond acceptors (Lipinski definition) is 4. The number of carbonyl (C=O) groups excluding carboxylic acids is 2. The van der Waals surface area contributed by atoms with E-state index < -0.39 is 5.54 Å². The molecule has 0 aliphatic carbocycles. The van der Waals surface area contributed by atoms with Crippen LogP contribution >= 0.6 is 0 Å². The highest BCUT2D eigenvalue weighted by atomic mass is 16.5. The second kappa shape index (κ2) is 7.97. The average Bonchev–Trinajstić information content (AvgIpc) is 3.17. The Morgan fingerprint density at radius 1 is 1.24 bits per heavy atom. The van der Waals surface area contributed by atoms with E-state index in [9.17, 15) is 9.59 Å². The van der Waals surface area contributed by atoms with Crippen molar-refractivity contribution in [3.8, 4) is 0 Å². The summed E-state index contributed by atoms with van der Waals surface area (Å²) in [6.45, 7) is 2.40. The van der Waals surface area contributed by atoms with Crippen LogP contribution in [0, 0.1) is 0 Å². The van der Waals surface area contributed by atoms with Crippen molar-refractivity contribution in [1.29, 1.82) is 0 Å². The minimum Gasteiger partial charge on any atom is -0.381 e. The Balaban J connectivity index is 1.71. The standard InChI is InChI=1S/C19H27N3O3/c1-20-18(24)19(9-12-25-13-10-19)22-11-5-8-16(22)17(23)21-14-15-6-3-2-4-7-15/h2-4,6-7,16H,5,8-14H2,1H3,(H,20,24)(H,21,23)/t16-/m0/s1. The molecule has 1 aromatic rings. The van der Waals surface area contributed by atoms with Crippen LogP contribution in [0.1, 0.15) is 31.2 Å². The number of amides is 2. The maximum absolute atomic E-state index is 12.8. The van der Waals surface area contributed by atoms with Gasteiger partial charge in [0.2, 0.25) is 11.8 Å². The molecule has 2 fully saturated rings. The Morgan fingerprint density at radius 2 is 1.96 bits per heavy atom. The summed E-state index contributed by atoms with van der Waals surface area (Å²) in [5, 5.41) is 5.84. The molecule has 0 saturated carbocycles. The highest BCUT2D eigenvalue weighted by Crippen LogP contribution is 2.35. The van der Waals surface area contributed by atoms with Crippen molar-refractivity contribution in [2.75, 3.05) is 26.8 Å². The van der Waals surface area contributed by atoms with Gasteiger partial charge in [0.15, 0.2) is 0 Å². The quantitative estimate of drug-likeness (QED) is 0.837. The Hall–Kier alpha value is -1.92. The summed E-state index contributed by atoms with van der Waals surface area (Å²) in [6, 6.07) is 9.63. The predicted molar refractivity (Wildman–Crippen MR) is 94.9 cm³/mol. The maximum atomic E-state index is 12.8. The zero-order valence-corrected chi connectivity index (χ0v) is 14.8. The molecule has 25 heavy (non-hydrogen) atoms. The van der Waals surface area contributed by atoms with Gasteiger partial charge in [-0.1, -0.05) is 30.3 Å². The van der Waals surface area contributed by atoms with Crippen LogP contribution in [0.4, 0.5) is 0 Å². The third-order valence-corrected chi connectivity index (χ3v) is 5.38. The number of likely N-dealkylation sites (tertiary alicyclic amines) is 1. The molecule has 0 spiro atoms. The molecule has 2 aliphatic rings. The number of nitrogens with one attached hydrogen (secondary N) is 2. The predicted octanol–water partition coefficient (Wildman–Crippen LogP) is 1.06. The Kier molecular flexibility index (Phi) is 5.71. The summed E-state index contributed by atoms with van der Waals surface area (Å²) in [4.78, 5) is 27.6. The van der Waals surface area contributed by atoms with Crippen LogP contribution in [0.25, 0.3) is 0 Å². The number of likely N-dealkylation sites (N-methyl/N-ethyl adjacent to an activating group) is 1. The van der Waals surface area contributed by atoms with E-state index in [2.05, 4.69) is 15.5 Å². The van der Waals surface area contributed by atoms with E-state index in [0.29, 0.717) is 32.6 Å². The summed E-state index contributed by atoms with van der Waals surface area (Å²) in [5.74, 6) is 0.00897. The SMILES string of the molecule is CNC(=O)C1(N2CCC[C@H]2C(=O)NCc2ccccc2)CCOCC1. The third-order valence-electron chi connectivity index (χ3n) is 5.38. The molecule has 0 unspecified atom stereocenters. The molecule has 136 valence electrons. The Morgan fingerprint density at radius 3 is 2.64 bits per heavy atom. The zero-order valence-electron chi connectivity index (χ0n) is 14.8. The first kappa shape index (κ1) is 17.9. The molecule has 2 aliphatic heterocycles. The van der Waals surface area contributed by atoms with Gasteiger partial charge >= 0.3 is 0 Å². The molecule has 1 atom stereocenters. The van der Waals surface area contributed by atoms with E-state index >= 15 is 0 Å². The highest BCUT2D eigenvalue weighted by Gasteiger charge is 2.50. The summed E-state index contributed by atoms with van der Waals surface area (Å²) < 4.78 is 5.47. The van der Waals surface area contributed by atoms with Crippen LogP contribution in [0.5, 0.6) is 0 Å². The van der Waals surface area contributed by atoms with E-state index in [1.807, 2.05) is 30.3 Å². The number of ether oxygens (including phenoxy) is 1. The summed E-state index contributed by atoms with van der Waals surface area (Å²) in [7, 11) is 1.67. The first-order valence-electron chi connectivity index (χ1n) is 9.06. The van der Waals surface area contributed by atoms with Crippen LogP contribution in [0.3, 0.4) is 0 Å². The molecule has 2 saturated heterocycles. The molecular weight excluding hydrogens is 318 g/mol. The fourth-order valence-electron chi connectivity index (χ4n) is 4.04. The largest absolute Gasteiger partial charge is 0.381 e. The molecule has 6 nitrogen and oxygen atoms in total. The van der Waals surface area contributed by atoms with Gasteiger partial charge < -0.3 is 15.4 Å². The second-order valence-corrected chi connectivity index (χ2v) is 6.78. The molecule has 0 radical (unpaired) electrons. The topological polar surface area (TPSA) is 70.7 Å². The van der Waals surface area contributed by atoms with Gasteiger partial charge in [0.25, 0.3) is 0 Å². The lowest BCUT2D eigenvalue weighted by atomic mass is 9.86. The lowest BCUT2D eigenvalue weighted by molar-refractivity contribution is -0.145. The first-order valence-corrected chi connectivity index (χ1v) is 9.06. The number of nitrogens with zero attached hydrogens (tertiary/aromatic N) is 1. The van der Waals surface area contributed by atoms with Crippen molar-refractivity contribution in [3.05, 3.63) is 35.9 Å². The number of hydrogen-bond donors (Lipinski definition) is 2. The fourth-order valence-corrected chi connectivity index (χ4v) is 4.04. The smallest absolute Gasteiger partial charge is 0.240 e. The van der Waals surface area contributed by atoms with Gasteiger partial charge in [-0.05, 0) is 31.2 Å². The molecule has 3 rings (SSSR count). The van der Waals surface area contributed by atoms with E-state index in [1.165, 1.54) is 0 Å². The zero-order chi connectivity index (χ0) is 17.7. The van der Waals surface area contributed by atoms with Crippen molar-refractivity contribution < 1.29 is 14.3 Å². The highest BCUT2D eigenvalue weighted by molar-refractivity contribution is 5.88. The van der Waals surface area contributed by atoms with Crippen LogP contribution < -0.4 is 10.6 Å². The van der Waals surface area contributed by atoms with E-state index in [4.69, 9.17) is 4.74 Å². The summed E-state index contributed by atoms with van der Waals surface area (Å²) >= 11 is 0. The minimum absolute atomic E-state index is 0.00133. The second-order valence-electron chi connectivity index (χ2n) is 6.78. The molecule has 0 bridgehead atoms. The number of carbonyl (C=O) groups is 2.